The largest absolute Gasteiger partial charge is 0.336 e. The molecule has 3 atom stereocenters. The van der Waals surface area contributed by atoms with Crippen LogP contribution in [0.2, 0.25) is 0 Å². The van der Waals surface area contributed by atoms with Crippen molar-refractivity contribution in [3.8, 4) is 0 Å². The van der Waals surface area contributed by atoms with Crippen molar-refractivity contribution in [3.05, 3.63) is 11.0 Å². The smallest absolute Gasteiger partial charge is 0.230 e. The molecule has 0 saturated carbocycles. The molecule has 94 valence electrons. The summed E-state index contributed by atoms with van der Waals surface area (Å²) in [6, 6.07) is 1.15. The van der Waals surface area contributed by atoms with E-state index in [1.807, 2.05) is 11.8 Å². The van der Waals surface area contributed by atoms with Gasteiger partial charge in [-0.15, -0.1) is 11.8 Å². The van der Waals surface area contributed by atoms with Crippen molar-refractivity contribution in [3.63, 3.8) is 0 Å². The van der Waals surface area contributed by atoms with E-state index in [1.165, 1.54) is 37.0 Å². The summed E-state index contributed by atoms with van der Waals surface area (Å²) in [5, 5.41) is 0. The summed E-state index contributed by atoms with van der Waals surface area (Å²) in [6.45, 7) is 2.18. The zero-order valence-corrected chi connectivity index (χ0v) is 11.3. The van der Waals surface area contributed by atoms with Gasteiger partial charge in [-0.3, -0.25) is 4.79 Å². The van der Waals surface area contributed by atoms with Gasteiger partial charge >= 0.3 is 0 Å². The number of hydrogen-bond acceptors (Lipinski definition) is 2. The van der Waals surface area contributed by atoms with Crippen LogP contribution in [-0.2, 0) is 4.79 Å². The first-order valence-corrected chi connectivity index (χ1v) is 7.94. The van der Waals surface area contributed by atoms with E-state index in [-0.39, 0.29) is 5.92 Å². The first-order chi connectivity index (χ1) is 8.29. The Morgan fingerprint density at radius 1 is 1.35 bits per heavy atom. The predicted molar refractivity (Wildman–Crippen MR) is 71.8 cm³/mol. The molecule has 1 amide bonds. The van der Waals surface area contributed by atoms with Gasteiger partial charge < -0.3 is 4.90 Å². The monoisotopic (exact) mass is 251 g/mol. The minimum Gasteiger partial charge on any atom is -0.336 e. The van der Waals surface area contributed by atoms with E-state index >= 15 is 0 Å². The molecule has 0 spiro atoms. The van der Waals surface area contributed by atoms with Gasteiger partial charge in [0.1, 0.15) is 0 Å². The van der Waals surface area contributed by atoms with Crippen molar-refractivity contribution in [2.75, 3.05) is 5.75 Å². The molecule has 0 radical (unpaired) electrons. The maximum absolute atomic E-state index is 12.6. The Hall–Kier alpha value is -0.440. The van der Waals surface area contributed by atoms with E-state index in [1.54, 1.807) is 0 Å². The van der Waals surface area contributed by atoms with E-state index in [2.05, 4.69) is 17.9 Å². The molecule has 2 nitrogen and oxygen atoms in total. The second kappa shape index (κ2) is 4.68. The molecular weight excluding hydrogens is 230 g/mol. The van der Waals surface area contributed by atoms with Crippen LogP contribution in [0.15, 0.2) is 11.0 Å². The second-order valence-corrected chi connectivity index (χ2v) is 6.61. The minimum atomic E-state index is 0.177. The standard InChI is InChI=1S/C14H21NOS/c1-2-13-8-10(9-17-13)14(16)15-11-4-3-5-12(15)7-6-11/h8,10-12H,2-7,9H2,1H3. The predicted octanol–water partition coefficient (Wildman–Crippen LogP) is 3.19. The van der Waals surface area contributed by atoms with E-state index < -0.39 is 0 Å². The van der Waals surface area contributed by atoms with Crippen LogP contribution in [0.5, 0.6) is 0 Å². The molecule has 0 N–H and O–H groups in total. The van der Waals surface area contributed by atoms with E-state index in [4.69, 9.17) is 0 Å². The lowest BCUT2D eigenvalue weighted by Gasteiger charge is -2.36. The summed E-state index contributed by atoms with van der Waals surface area (Å²) in [7, 11) is 0. The number of fused-ring (bicyclic) bond motifs is 2. The molecule has 2 fully saturated rings. The number of allylic oxidation sites excluding steroid dienone is 1. The molecular formula is C14H21NOS. The van der Waals surface area contributed by atoms with Crippen molar-refractivity contribution in [1.29, 1.82) is 0 Å². The van der Waals surface area contributed by atoms with E-state index in [9.17, 15) is 4.79 Å². The molecule has 2 bridgehead atoms. The first-order valence-electron chi connectivity index (χ1n) is 6.95. The summed E-state index contributed by atoms with van der Waals surface area (Å²) in [5.74, 6) is 1.59. The van der Waals surface area contributed by atoms with Gasteiger partial charge in [-0.2, -0.15) is 0 Å². The van der Waals surface area contributed by atoms with E-state index in [0.717, 1.165) is 12.2 Å². The molecule has 0 aliphatic carbocycles. The lowest BCUT2D eigenvalue weighted by Crippen LogP contribution is -2.46. The highest BCUT2D eigenvalue weighted by atomic mass is 32.2. The summed E-state index contributed by atoms with van der Waals surface area (Å²) < 4.78 is 0. The summed E-state index contributed by atoms with van der Waals surface area (Å²) in [6.07, 6.45) is 9.62. The van der Waals surface area contributed by atoms with E-state index in [0.29, 0.717) is 18.0 Å². The third-order valence-corrected chi connectivity index (χ3v) is 5.77. The third-order valence-electron chi connectivity index (χ3n) is 4.45. The number of thioether (sulfide) groups is 1. The number of rotatable bonds is 2. The van der Waals surface area contributed by atoms with Crippen LogP contribution in [0, 0.1) is 5.92 Å². The van der Waals surface area contributed by atoms with Crippen molar-refractivity contribution in [2.24, 2.45) is 5.92 Å². The van der Waals surface area contributed by atoms with Gasteiger partial charge in [0, 0.05) is 17.8 Å². The van der Waals surface area contributed by atoms with Crippen LogP contribution in [-0.4, -0.2) is 28.6 Å². The van der Waals surface area contributed by atoms with Gasteiger partial charge in [0.2, 0.25) is 5.91 Å². The fourth-order valence-electron chi connectivity index (χ4n) is 3.55. The Bertz CT molecular complexity index is 336. The maximum atomic E-state index is 12.6. The number of nitrogens with zero attached hydrogens (tertiary/aromatic N) is 1. The highest BCUT2D eigenvalue weighted by Crippen LogP contribution is 2.39. The molecule has 3 heterocycles. The average molecular weight is 251 g/mol. The summed E-state index contributed by atoms with van der Waals surface area (Å²) in [4.78, 5) is 16.3. The molecule has 17 heavy (non-hydrogen) atoms. The lowest BCUT2D eigenvalue weighted by atomic mass is 10.00. The Morgan fingerprint density at radius 2 is 2.06 bits per heavy atom. The molecule has 3 unspecified atom stereocenters. The lowest BCUT2D eigenvalue weighted by molar-refractivity contribution is -0.137. The molecule has 0 aromatic rings. The van der Waals surface area contributed by atoms with Crippen LogP contribution in [0.1, 0.15) is 45.4 Å². The highest BCUT2D eigenvalue weighted by molar-refractivity contribution is 8.03. The molecule has 0 aromatic heterocycles. The number of piperidine rings is 1. The Balaban J connectivity index is 1.72. The van der Waals surface area contributed by atoms with Gasteiger partial charge in [-0.05, 0) is 43.4 Å². The van der Waals surface area contributed by atoms with Crippen LogP contribution in [0.3, 0.4) is 0 Å². The Morgan fingerprint density at radius 3 is 2.65 bits per heavy atom. The fraction of sp³-hybridized carbons (Fsp3) is 0.786. The zero-order chi connectivity index (χ0) is 11.8. The number of amides is 1. The molecule has 0 aromatic carbocycles. The van der Waals surface area contributed by atoms with Crippen molar-refractivity contribution in [2.45, 2.75) is 57.5 Å². The van der Waals surface area contributed by atoms with Gasteiger partial charge in [0.25, 0.3) is 0 Å². The van der Waals surface area contributed by atoms with Gasteiger partial charge in [0.05, 0.1) is 5.92 Å². The summed E-state index contributed by atoms with van der Waals surface area (Å²) >= 11 is 1.88. The quantitative estimate of drug-likeness (QED) is 0.751. The second-order valence-electron chi connectivity index (χ2n) is 5.47. The van der Waals surface area contributed by atoms with Crippen LogP contribution in [0.25, 0.3) is 0 Å². The molecule has 3 aliphatic rings. The average Bonchev–Trinajstić information content (AvgIpc) is 2.92. The normalized spacial score (nSPS) is 36.2. The van der Waals surface area contributed by atoms with Crippen molar-refractivity contribution < 1.29 is 4.79 Å². The Labute approximate surface area is 108 Å². The van der Waals surface area contributed by atoms with Crippen LogP contribution in [0.4, 0.5) is 0 Å². The number of carbonyl (C=O) groups excluding carboxylic acids is 1. The SMILES string of the molecule is CCC1=CC(C(=O)N2C3CCCC2CC3)CS1. The fourth-order valence-corrected chi connectivity index (χ4v) is 4.65. The number of carbonyl (C=O) groups is 1. The maximum Gasteiger partial charge on any atom is 0.230 e. The highest BCUT2D eigenvalue weighted by Gasteiger charge is 2.41. The minimum absolute atomic E-state index is 0.177. The van der Waals surface area contributed by atoms with Crippen LogP contribution >= 0.6 is 11.8 Å². The molecule has 2 saturated heterocycles. The van der Waals surface area contributed by atoms with Gasteiger partial charge in [-0.25, -0.2) is 0 Å². The Kier molecular flexibility index (Phi) is 3.20. The van der Waals surface area contributed by atoms with Crippen molar-refractivity contribution in [1.82, 2.24) is 4.90 Å². The number of hydrogen-bond donors (Lipinski definition) is 0. The van der Waals surface area contributed by atoms with Gasteiger partial charge in [0.15, 0.2) is 0 Å². The van der Waals surface area contributed by atoms with Crippen molar-refractivity contribution >= 4 is 17.7 Å². The molecule has 3 heteroatoms. The topological polar surface area (TPSA) is 20.3 Å². The zero-order valence-electron chi connectivity index (χ0n) is 10.5. The molecule has 3 aliphatic heterocycles. The van der Waals surface area contributed by atoms with Crippen LogP contribution < -0.4 is 0 Å². The molecule has 3 rings (SSSR count). The van der Waals surface area contributed by atoms with Gasteiger partial charge in [-0.1, -0.05) is 13.0 Å². The third kappa shape index (κ3) is 2.03. The first kappa shape index (κ1) is 11.6. The summed E-state index contributed by atoms with van der Waals surface area (Å²) in [5.41, 5.74) is 0.